The summed E-state index contributed by atoms with van der Waals surface area (Å²) in [5.74, 6) is -0.966. The maximum atomic E-state index is 11.0. The highest BCUT2D eigenvalue weighted by atomic mass is 16.3. The van der Waals surface area contributed by atoms with Gasteiger partial charge in [0.05, 0.1) is 0 Å². The number of primary amides is 1. The Kier molecular flexibility index (Phi) is 2.36. The lowest BCUT2D eigenvalue weighted by atomic mass is 10.0. The number of amides is 1. The van der Waals surface area contributed by atoms with Gasteiger partial charge in [0, 0.05) is 0 Å². The van der Waals surface area contributed by atoms with Crippen LogP contribution in [0.15, 0.2) is 46.7 Å². The van der Waals surface area contributed by atoms with Gasteiger partial charge in [0.15, 0.2) is 0 Å². The van der Waals surface area contributed by atoms with Crippen molar-refractivity contribution in [1.82, 2.24) is 0 Å². The Labute approximate surface area is 92.1 Å². The summed E-state index contributed by atoms with van der Waals surface area (Å²) in [4.78, 5) is 15.1. The highest BCUT2D eigenvalue weighted by molar-refractivity contribution is 6.21. The normalized spacial score (nSPS) is 19.8. The van der Waals surface area contributed by atoms with Gasteiger partial charge in [-0.15, -0.1) is 0 Å². The molecule has 5 heteroatoms. The Morgan fingerprint density at radius 3 is 2.44 bits per heavy atom. The van der Waals surface area contributed by atoms with Crippen LogP contribution in [-0.2, 0) is 4.79 Å². The molecule has 0 fully saturated rings. The number of aliphatic hydroxyl groups is 1. The monoisotopic (exact) mass is 217 g/mol. The second-order valence-corrected chi connectivity index (χ2v) is 3.45. The molecule has 1 atom stereocenters. The van der Waals surface area contributed by atoms with Crippen molar-refractivity contribution in [2.45, 2.75) is 6.04 Å². The van der Waals surface area contributed by atoms with Crippen LogP contribution in [0.25, 0.3) is 0 Å². The van der Waals surface area contributed by atoms with Crippen molar-refractivity contribution in [3.05, 3.63) is 47.2 Å². The molecule has 1 amide bonds. The second-order valence-electron chi connectivity index (χ2n) is 3.45. The van der Waals surface area contributed by atoms with E-state index in [-0.39, 0.29) is 17.2 Å². The molecule has 0 aromatic heterocycles. The van der Waals surface area contributed by atoms with Gasteiger partial charge in [-0.3, -0.25) is 9.79 Å². The van der Waals surface area contributed by atoms with Crippen LogP contribution in [0.2, 0.25) is 0 Å². The number of hydrogen-bond donors (Lipinski definition) is 3. The van der Waals surface area contributed by atoms with E-state index in [9.17, 15) is 9.90 Å². The first kappa shape index (κ1) is 10.2. The molecule has 5 nitrogen and oxygen atoms in total. The molecule has 1 heterocycles. The van der Waals surface area contributed by atoms with Crippen molar-refractivity contribution in [3.63, 3.8) is 0 Å². The van der Waals surface area contributed by atoms with E-state index < -0.39 is 11.9 Å². The average molecular weight is 217 g/mol. The second kappa shape index (κ2) is 3.69. The summed E-state index contributed by atoms with van der Waals surface area (Å²) >= 11 is 0. The van der Waals surface area contributed by atoms with E-state index in [1.165, 1.54) is 0 Å². The first-order valence-corrected chi connectivity index (χ1v) is 4.72. The number of carbonyl (C=O) groups excluding carboxylic acids is 1. The molecule has 1 aromatic carbocycles. The van der Waals surface area contributed by atoms with E-state index in [0.29, 0.717) is 0 Å². The zero-order valence-corrected chi connectivity index (χ0v) is 8.42. The van der Waals surface area contributed by atoms with Gasteiger partial charge in [-0.05, 0) is 5.56 Å². The minimum absolute atomic E-state index is 0.0150. The molecule has 16 heavy (non-hydrogen) atoms. The predicted molar refractivity (Wildman–Crippen MR) is 59.7 cm³/mol. The van der Waals surface area contributed by atoms with Gasteiger partial charge >= 0.3 is 0 Å². The summed E-state index contributed by atoms with van der Waals surface area (Å²) in [6.07, 6.45) is 0. The first-order valence-electron chi connectivity index (χ1n) is 4.72. The van der Waals surface area contributed by atoms with Crippen molar-refractivity contribution in [2.75, 3.05) is 0 Å². The number of hydrogen-bond acceptors (Lipinski definition) is 4. The van der Waals surface area contributed by atoms with E-state index in [2.05, 4.69) is 4.99 Å². The fourth-order valence-electron chi connectivity index (χ4n) is 1.65. The summed E-state index contributed by atoms with van der Waals surface area (Å²) < 4.78 is 0. The fourth-order valence-corrected chi connectivity index (χ4v) is 1.65. The molecule has 1 aromatic rings. The van der Waals surface area contributed by atoms with Crippen LogP contribution in [0.1, 0.15) is 11.6 Å². The van der Waals surface area contributed by atoms with Gasteiger partial charge in [-0.1, -0.05) is 30.3 Å². The standard InChI is InChI=1S/C11H11N3O2/c12-10-7(11(13)16)9(15)8(14-10)6-4-2-1-3-5-6/h1-5,8,15H,(H2,12,14)(H2,13,16). The predicted octanol–water partition coefficient (Wildman–Crippen LogP) is 0.396. The van der Waals surface area contributed by atoms with Gasteiger partial charge in [0.2, 0.25) is 0 Å². The first-order chi connectivity index (χ1) is 7.61. The number of amidine groups is 1. The molecule has 82 valence electrons. The number of rotatable bonds is 2. The number of benzene rings is 1. The van der Waals surface area contributed by atoms with Crippen LogP contribution in [0.3, 0.4) is 0 Å². The molecule has 1 unspecified atom stereocenters. The summed E-state index contributed by atoms with van der Waals surface area (Å²) in [7, 11) is 0. The van der Waals surface area contributed by atoms with Crippen molar-refractivity contribution >= 4 is 11.7 Å². The summed E-state index contributed by atoms with van der Waals surface area (Å²) in [5, 5.41) is 9.83. The third kappa shape index (κ3) is 1.52. The van der Waals surface area contributed by atoms with Crippen LogP contribution < -0.4 is 11.5 Å². The maximum absolute atomic E-state index is 11.0. The molecule has 0 spiro atoms. The van der Waals surface area contributed by atoms with Crippen LogP contribution in [-0.4, -0.2) is 16.8 Å². The smallest absolute Gasteiger partial charge is 0.255 e. The van der Waals surface area contributed by atoms with E-state index in [1.807, 2.05) is 18.2 Å². The topological polar surface area (TPSA) is 102 Å². The van der Waals surface area contributed by atoms with E-state index in [1.54, 1.807) is 12.1 Å². The lowest BCUT2D eigenvalue weighted by molar-refractivity contribution is -0.114. The minimum Gasteiger partial charge on any atom is -0.509 e. The SMILES string of the molecule is NC(=O)C1=C(O)C(c2ccccc2)N=C1N. The molecule has 0 saturated heterocycles. The molecule has 0 bridgehead atoms. The Morgan fingerprint density at radius 2 is 1.94 bits per heavy atom. The molecular formula is C11H11N3O2. The number of nitrogens with zero attached hydrogens (tertiary/aromatic N) is 1. The average Bonchev–Trinajstić information content (AvgIpc) is 2.55. The quantitative estimate of drug-likeness (QED) is 0.668. The highest BCUT2D eigenvalue weighted by Crippen LogP contribution is 2.31. The summed E-state index contributed by atoms with van der Waals surface area (Å²) in [6.45, 7) is 0. The van der Waals surface area contributed by atoms with Gasteiger partial charge in [0.25, 0.3) is 5.91 Å². The fraction of sp³-hybridized carbons (Fsp3) is 0.0909. The Bertz CT molecular complexity index is 491. The Balaban J connectivity index is 2.45. The van der Waals surface area contributed by atoms with Crippen LogP contribution >= 0.6 is 0 Å². The summed E-state index contributed by atoms with van der Waals surface area (Å²) in [6, 6.07) is 8.45. The lowest BCUT2D eigenvalue weighted by Crippen LogP contribution is -2.25. The number of aliphatic imine (C=N–C) groups is 1. The van der Waals surface area contributed by atoms with E-state index in [4.69, 9.17) is 11.5 Å². The molecule has 1 aliphatic heterocycles. The Hall–Kier alpha value is -2.30. The van der Waals surface area contributed by atoms with Gasteiger partial charge < -0.3 is 16.6 Å². The number of aliphatic hydroxyl groups excluding tert-OH is 1. The third-order valence-corrected chi connectivity index (χ3v) is 2.40. The molecule has 2 rings (SSSR count). The van der Waals surface area contributed by atoms with Crippen LogP contribution in [0, 0.1) is 0 Å². The number of nitrogens with two attached hydrogens (primary N) is 2. The molecular weight excluding hydrogens is 206 g/mol. The van der Waals surface area contributed by atoms with Crippen molar-refractivity contribution in [2.24, 2.45) is 16.5 Å². The molecule has 5 N–H and O–H groups in total. The zero-order valence-electron chi connectivity index (χ0n) is 8.42. The van der Waals surface area contributed by atoms with Crippen LogP contribution in [0.5, 0.6) is 0 Å². The maximum Gasteiger partial charge on any atom is 0.255 e. The highest BCUT2D eigenvalue weighted by Gasteiger charge is 2.30. The number of carbonyl (C=O) groups is 1. The van der Waals surface area contributed by atoms with Gasteiger partial charge in [0.1, 0.15) is 23.2 Å². The lowest BCUT2D eigenvalue weighted by Gasteiger charge is -2.07. The third-order valence-electron chi connectivity index (χ3n) is 2.40. The molecule has 1 aliphatic rings. The zero-order chi connectivity index (χ0) is 11.7. The summed E-state index contributed by atoms with van der Waals surface area (Å²) in [5.41, 5.74) is 11.3. The molecule has 0 saturated carbocycles. The largest absolute Gasteiger partial charge is 0.509 e. The molecule has 0 aliphatic carbocycles. The van der Waals surface area contributed by atoms with Crippen molar-refractivity contribution < 1.29 is 9.90 Å². The van der Waals surface area contributed by atoms with E-state index >= 15 is 0 Å². The van der Waals surface area contributed by atoms with Gasteiger partial charge in [-0.25, -0.2) is 0 Å². The van der Waals surface area contributed by atoms with Gasteiger partial charge in [-0.2, -0.15) is 0 Å². The van der Waals surface area contributed by atoms with E-state index in [0.717, 1.165) is 5.56 Å². The minimum atomic E-state index is -0.766. The molecule has 0 radical (unpaired) electrons. The van der Waals surface area contributed by atoms with Crippen molar-refractivity contribution in [3.8, 4) is 0 Å². The van der Waals surface area contributed by atoms with Crippen molar-refractivity contribution in [1.29, 1.82) is 0 Å². The Morgan fingerprint density at radius 1 is 1.31 bits per heavy atom. The van der Waals surface area contributed by atoms with Crippen LogP contribution in [0.4, 0.5) is 0 Å².